The molecular formula is C11H10O4. The molecule has 1 aromatic heterocycles. The van der Waals surface area contributed by atoms with E-state index in [4.69, 9.17) is 4.42 Å². The van der Waals surface area contributed by atoms with Gasteiger partial charge < -0.3 is 14.6 Å². The molecule has 0 fully saturated rings. The lowest BCUT2D eigenvalue weighted by Crippen LogP contribution is -2.01. The molecule has 78 valence electrons. The molecule has 4 heteroatoms. The molecule has 1 heterocycles. The van der Waals surface area contributed by atoms with Crippen LogP contribution in [0.4, 0.5) is 0 Å². The van der Waals surface area contributed by atoms with E-state index in [-0.39, 0.29) is 5.39 Å². The Morgan fingerprint density at radius 1 is 1.20 bits per heavy atom. The Balaban J connectivity index is 3.06. The summed E-state index contributed by atoms with van der Waals surface area (Å²) in [6.45, 7) is 3.62. The lowest BCUT2D eigenvalue weighted by molar-refractivity contribution is 0.302. The van der Waals surface area contributed by atoms with Crippen LogP contribution in [0, 0.1) is 13.8 Å². The molecule has 0 aliphatic heterocycles. The Hall–Kier alpha value is -1.97. The third kappa shape index (κ3) is 1.34. The molecule has 0 saturated heterocycles. The number of aromatic hydroxyl groups is 2. The number of rotatable bonds is 0. The summed E-state index contributed by atoms with van der Waals surface area (Å²) in [5, 5.41) is 18.7. The van der Waals surface area contributed by atoms with Gasteiger partial charge in [0.05, 0.1) is 5.39 Å². The molecule has 0 aliphatic rings. The van der Waals surface area contributed by atoms with Gasteiger partial charge >= 0.3 is 5.95 Å². The fraction of sp³-hybridized carbons (Fsp3) is 0.182. The van der Waals surface area contributed by atoms with Crippen LogP contribution in [0.5, 0.6) is 11.7 Å². The van der Waals surface area contributed by atoms with E-state index >= 15 is 0 Å². The summed E-state index contributed by atoms with van der Waals surface area (Å²) in [5.74, 6) is -1.48. The van der Waals surface area contributed by atoms with Gasteiger partial charge in [-0.25, -0.2) is 0 Å². The standard InChI is InChI=1S/C11H10O4/c1-5-3-6(2)10-7(4-5)8(12)9(13)11(14)15-10/h3-4,13-14H,1-2H3. The minimum absolute atomic E-state index is 0.280. The van der Waals surface area contributed by atoms with Crippen LogP contribution in [0.1, 0.15) is 11.1 Å². The second-order valence-corrected chi connectivity index (χ2v) is 3.54. The van der Waals surface area contributed by atoms with Gasteiger partial charge in [0.15, 0.2) is 0 Å². The van der Waals surface area contributed by atoms with Crippen LogP contribution in [0.3, 0.4) is 0 Å². The first-order valence-electron chi connectivity index (χ1n) is 4.46. The second kappa shape index (κ2) is 3.02. The van der Waals surface area contributed by atoms with Crippen LogP contribution in [0.15, 0.2) is 21.3 Å². The predicted molar refractivity (Wildman–Crippen MR) is 55.3 cm³/mol. The third-order valence-corrected chi connectivity index (χ3v) is 2.28. The molecule has 0 radical (unpaired) electrons. The summed E-state index contributed by atoms with van der Waals surface area (Å²) in [7, 11) is 0. The number of hydrogen-bond acceptors (Lipinski definition) is 4. The van der Waals surface area contributed by atoms with E-state index in [1.165, 1.54) is 0 Å². The number of benzene rings is 1. The highest BCUT2D eigenvalue weighted by Gasteiger charge is 2.13. The number of fused-ring (bicyclic) bond motifs is 1. The molecule has 2 N–H and O–H groups in total. The first kappa shape index (κ1) is 9.58. The minimum Gasteiger partial charge on any atom is -0.499 e. The van der Waals surface area contributed by atoms with E-state index in [0.29, 0.717) is 5.58 Å². The summed E-state index contributed by atoms with van der Waals surface area (Å²) in [4.78, 5) is 11.6. The summed E-state index contributed by atoms with van der Waals surface area (Å²) in [5.41, 5.74) is 1.34. The fourth-order valence-electron chi connectivity index (χ4n) is 1.63. The van der Waals surface area contributed by atoms with Crippen molar-refractivity contribution in [1.29, 1.82) is 0 Å². The Labute approximate surface area is 85.4 Å². The smallest absolute Gasteiger partial charge is 0.330 e. The van der Waals surface area contributed by atoms with Gasteiger partial charge in [-0.15, -0.1) is 0 Å². The van der Waals surface area contributed by atoms with Crippen LogP contribution >= 0.6 is 0 Å². The lowest BCUT2D eigenvalue weighted by Gasteiger charge is -2.04. The van der Waals surface area contributed by atoms with E-state index < -0.39 is 17.1 Å². The quantitative estimate of drug-likeness (QED) is 0.689. The molecule has 0 aliphatic carbocycles. The molecule has 2 aromatic rings. The zero-order chi connectivity index (χ0) is 11.2. The van der Waals surface area contributed by atoms with Crippen molar-refractivity contribution in [1.82, 2.24) is 0 Å². The minimum atomic E-state index is -0.743. The fourth-order valence-corrected chi connectivity index (χ4v) is 1.63. The highest BCUT2D eigenvalue weighted by Crippen LogP contribution is 2.27. The van der Waals surface area contributed by atoms with Gasteiger partial charge in [-0.05, 0) is 31.0 Å². The molecule has 2 rings (SSSR count). The van der Waals surface area contributed by atoms with E-state index in [9.17, 15) is 15.0 Å². The summed E-state index contributed by atoms with van der Waals surface area (Å²) in [6.07, 6.45) is 0. The summed E-state index contributed by atoms with van der Waals surface area (Å²) >= 11 is 0. The van der Waals surface area contributed by atoms with Gasteiger partial charge in [0.1, 0.15) is 5.58 Å². The van der Waals surface area contributed by atoms with Crippen molar-refractivity contribution in [2.24, 2.45) is 0 Å². The maximum Gasteiger partial charge on any atom is 0.330 e. The van der Waals surface area contributed by atoms with Crippen molar-refractivity contribution in [3.8, 4) is 11.7 Å². The monoisotopic (exact) mass is 206 g/mol. The molecule has 0 unspecified atom stereocenters. The molecule has 1 aromatic carbocycles. The van der Waals surface area contributed by atoms with Gasteiger partial charge in [0, 0.05) is 0 Å². The van der Waals surface area contributed by atoms with Crippen molar-refractivity contribution >= 4 is 11.0 Å². The number of hydrogen-bond donors (Lipinski definition) is 2. The van der Waals surface area contributed by atoms with Crippen molar-refractivity contribution in [2.75, 3.05) is 0 Å². The molecular weight excluding hydrogens is 196 g/mol. The normalized spacial score (nSPS) is 10.8. The second-order valence-electron chi connectivity index (χ2n) is 3.54. The Morgan fingerprint density at radius 2 is 1.87 bits per heavy atom. The molecule has 0 bridgehead atoms. The lowest BCUT2D eigenvalue weighted by atomic mass is 10.1. The average Bonchev–Trinajstić information content (AvgIpc) is 2.17. The maximum absolute atomic E-state index is 11.6. The van der Waals surface area contributed by atoms with Crippen LogP contribution in [0.25, 0.3) is 11.0 Å². The summed E-state index contributed by atoms with van der Waals surface area (Å²) < 4.78 is 4.96. The molecule has 0 atom stereocenters. The van der Waals surface area contributed by atoms with Crippen LogP contribution in [-0.4, -0.2) is 10.2 Å². The zero-order valence-electron chi connectivity index (χ0n) is 8.37. The largest absolute Gasteiger partial charge is 0.499 e. The molecule has 4 nitrogen and oxygen atoms in total. The van der Waals surface area contributed by atoms with E-state index in [0.717, 1.165) is 11.1 Å². The van der Waals surface area contributed by atoms with E-state index in [2.05, 4.69) is 0 Å². The predicted octanol–water partition coefficient (Wildman–Crippen LogP) is 1.82. The van der Waals surface area contributed by atoms with Crippen molar-refractivity contribution < 1.29 is 14.6 Å². The van der Waals surface area contributed by atoms with Crippen molar-refractivity contribution in [3.63, 3.8) is 0 Å². The van der Waals surface area contributed by atoms with Gasteiger partial charge in [0.2, 0.25) is 11.2 Å². The van der Waals surface area contributed by atoms with Crippen LogP contribution in [0.2, 0.25) is 0 Å². The highest BCUT2D eigenvalue weighted by molar-refractivity contribution is 5.82. The Kier molecular flexibility index (Phi) is 1.93. The van der Waals surface area contributed by atoms with E-state index in [1.54, 1.807) is 13.0 Å². The topological polar surface area (TPSA) is 70.7 Å². The van der Waals surface area contributed by atoms with Gasteiger partial charge in [-0.1, -0.05) is 6.07 Å². The Morgan fingerprint density at radius 3 is 2.53 bits per heavy atom. The molecule has 0 saturated carbocycles. The number of aryl methyl sites for hydroxylation is 2. The summed E-state index contributed by atoms with van der Waals surface area (Å²) in [6, 6.07) is 3.45. The first-order chi connectivity index (χ1) is 7.00. The van der Waals surface area contributed by atoms with Crippen LogP contribution in [-0.2, 0) is 0 Å². The Bertz CT molecular complexity index is 596. The third-order valence-electron chi connectivity index (χ3n) is 2.28. The van der Waals surface area contributed by atoms with Crippen molar-refractivity contribution in [3.05, 3.63) is 33.5 Å². The van der Waals surface area contributed by atoms with Gasteiger partial charge in [0.25, 0.3) is 0 Å². The molecule has 0 amide bonds. The van der Waals surface area contributed by atoms with Crippen LogP contribution < -0.4 is 5.43 Å². The zero-order valence-corrected chi connectivity index (χ0v) is 8.37. The highest BCUT2D eigenvalue weighted by atomic mass is 16.5. The first-order valence-corrected chi connectivity index (χ1v) is 4.46. The SMILES string of the molecule is Cc1cc(C)c2oc(O)c(O)c(=O)c2c1. The molecule has 15 heavy (non-hydrogen) atoms. The average molecular weight is 206 g/mol. The van der Waals surface area contributed by atoms with Gasteiger partial charge in [-0.2, -0.15) is 0 Å². The van der Waals surface area contributed by atoms with Crippen molar-refractivity contribution in [2.45, 2.75) is 13.8 Å². The van der Waals surface area contributed by atoms with Gasteiger partial charge in [-0.3, -0.25) is 4.79 Å². The molecule has 0 spiro atoms. The maximum atomic E-state index is 11.6. The van der Waals surface area contributed by atoms with E-state index in [1.807, 2.05) is 13.0 Å².